The fourth-order valence-corrected chi connectivity index (χ4v) is 4.96. The molecule has 8 nitrogen and oxygen atoms in total. The summed E-state index contributed by atoms with van der Waals surface area (Å²) in [6.07, 6.45) is 2.54. The zero-order valence-electron chi connectivity index (χ0n) is 20.2. The SMILES string of the molecule is CN(C)CCCN1C(=O)C(=O)/C(=C(/O)c2ccc3c(c2)N(C)CCO3)C1c1c[nH]c2ccccc12. The van der Waals surface area contributed by atoms with Crippen LogP contribution in [0.3, 0.4) is 0 Å². The molecule has 0 bridgehead atoms. The summed E-state index contributed by atoms with van der Waals surface area (Å²) >= 11 is 0. The third kappa shape index (κ3) is 4.04. The van der Waals surface area contributed by atoms with E-state index in [9.17, 15) is 14.7 Å². The lowest BCUT2D eigenvalue weighted by molar-refractivity contribution is -0.139. The molecule has 0 radical (unpaired) electrons. The Morgan fingerprint density at radius 3 is 2.80 bits per heavy atom. The molecule has 2 aliphatic heterocycles. The van der Waals surface area contributed by atoms with Gasteiger partial charge in [-0.2, -0.15) is 0 Å². The number of aromatic amines is 1. The van der Waals surface area contributed by atoms with Crippen LogP contribution in [0.1, 0.15) is 23.6 Å². The first-order valence-corrected chi connectivity index (χ1v) is 11.8. The number of likely N-dealkylation sites (tertiary alicyclic amines) is 1. The third-order valence-electron chi connectivity index (χ3n) is 6.79. The van der Waals surface area contributed by atoms with Gasteiger partial charge in [-0.3, -0.25) is 9.59 Å². The van der Waals surface area contributed by atoms with Gasteiger partial charge in [0.2, 0.25) is 0 Å². The van der Waals surface area contributed by atoms with Crippen molar-refractivity contribution < 1.29 is 19.4 Å². The molecule has 1 saturated heterocycles. The molecule has 1 amide bonds. The second-order valence-corrected chi connectivity index (χ2v) is 9.39. The van der Waals surface area contributed by atoms with E-state index in [-0.39, 0.29) is 11.3 Å². The van der Waals surface area contributed by atoms with E-state index in [0.717, 1.165) is 41.0 Å². The van der Waals surface area contributed by atoms with Crippen LogP contribution in [0, 0.1) is 0 Å². The summed E-state index contributed by atoms with van der Waals surface area (Å²) in [5.41, 5.74) is 3.14. The molecule has 1 atom stereocenters. The minimum absolute atomic E-state index is 0.115. The van der Waals surface area contributed by atoms with Gasteiger partial charge in [-0.25, -0.2) is 0 Å². The van der Waals surface area contributed by atoms with E-state index >= 15 is 0 Å². The highest BCUT2D eigenvalue weighted by molar-refractivity contribution is 6.46. The van der Waals surface area contributed by atoms with E-state index in [0.29, 0.717) is 25.1 Å². The van der Waals surface area contributed by atoms with E-state index in [1.165, 1.54) is 0 Å². The molecule has 182 valence electrons. The molecular weight excluding hydrogens is 444 g/mol. The van der Waals surface area contributed by atoms with Crippen LogP contribution in [0.15, 0.2) is 54.2 Å². The summed E-state index contributed by atoms with van der Waals surface area (Å²) in [5.74, 6) is -0.688. The molecule has 1 fully saturated rings. The molecule has 3 heterocycles. The molecule has 35 heavy (non-hydrogen) atoms. The minimum atomic E-state index is -0.682. The smallest absolute Gasteiger partial charge is 0.295 e. The fourth-order valence-electron chi connectivity index (χ4n) is 4.96. The number of aromatic nitrogens is 1. The average molecular weight is 475 g/mol. The first kappa shape index (κ1) is 23.0. The quantitative estimate of drug-likeness (QED) is 0.324. The van der Waals surface area contributed by atoms with Gasteiger partial charge >= 0.3 is 0 Å². The number of ketones is 1. The number of ether oxygens (including phenoxy) is 1. The number of aliphatic hydroxyl groups is 1. The Hall–Kier alpha value is -3.78. The number of Topliss-reactive ketones (excluding diaryl/α,β-unsaturated/α-hetero) is 1. The van der Waals surface area contributed by atoms with Gasteiger partial charge in [-0.1, -0.05) is 18.2 Å². The van der Waals surface area contributed by atoms with Crippen LogP contribution in [0.5, 0.6) is 5.75 Å². The van der Waals surface area contributed by atoms with Gasteiger partial charge in [-0.05, 0) is 51.3 Å². The van der Waals surface area contributed by atoms with E-state index in [2.05, 4.69) is 4.98 Å². The number of hydrogen-bond acceptors (Lipinski definition) is 6. The number of fused-ring (bicyclic) bond motifs is 2. The second kappa shape index (κ2) is 9.11. The molecule has 0 saturated carbocycles. The molecule has 0 spiro atoms. The zero-order chi connectivity index (χ0) is 24.7. The van der Waals surface area contributed by atoms with E-state index < -0.39 is 17.7 Å². The number of nitrogens with one attached hydrogen (secondary N) is 1. The predicted molar refractivity (Wildman–Crippen MR) is 136 cm³/mol. The van der Waals surface area contributed by atoms with Crippen LogP contribution in [0.4, 0.5) is 5.69 Å². The standard InChI is InChI=1S/C27H30N4O4/c1-29(2)11-6-12-31-24(19-16-28-20-8-5-4-7-18(19)20)23(26(33)27(31)34)25(32)17-9-10-22-21(15-17)30(3)13-14-35-22/h4-5,7-10,15-16,24,28,32H,6,11-14H2,1-3H3/b25-23+. The van der Waals surface area contributed by atoms with Gasteiger partial charge in [0.25, 0.3) is 11.7 Å². The molecule has 8 heteroatoms. The first-order chi connectivity index (χ1) is 16.9. The predicted octanol–water partition coefficient (Wildman–Crippen LogP) is 3.37. The van der Waals surface area contributed by atoms with Crippen molar-refractivity contribution in [1.82, 2.24) is 14.8 Å². The topological polar surface area (TPSA) is 89.1 Å². The molecule has 1 unspecified atom stereocenters. The molecule has 1 aromatic heterocycles. The van der Waals surface area contributed by atoms with Gasteiger partial charge in [0.1, 0.15) is 18.1 Å². The summed E-state index contributed by atoms with van der Waals surface area (Å²) in [6.45, 7) is 2.50. The lowest BCUT2D eigenvalue weighted by Crippen LogP contribution is -2.32. The van der Waals surface area contributed by atoms with Crippen LogP contribution < -0.4 is 9.64 Å². The molecule has 0 aliphatic carbocycles. The number of rotatable bonds is 6. The van der Waals surface area contributed by atoms with Crippen molar-refractivity contribution >= 4 is 34.0 Å². The van der Waals surface area contributed by atoms with Crippen molar-refractivity contribution in [2.75, 3.05) is 52.3 Å². The molecule has 2 aliphatic rings. The number of nitrogens with zero attached hydrogens (tertiary/aromatic N) is 3. The Balaban J connectivity index is 1.64. The Morgan fingerprint density at radius 1 is 1.20 bits per heavy atom. The van der Waals surface area contributed by atoms with Crippen LogP contribution in [-0.4, -0.2) is 79.0 Å². The normalized spacial score (nSPS) is 19.5. The summed E-state index contributed by atoms with van der Waals surface area (Å²) in [7, 11) is 5.91. The Labute approximate surface area is 204 Å². The van der Waals surface area contributed by atoms with Gasteiger partial charge in [0.15, 0.2) is 0 Å². The molecule has 2 N–H and O–H groups in total. The highest BCUT2D eigenvalue weighted by Gasteiger charge is 2.46. The van der Waals surface area contributed by atoms with Crippen LogP contribution in [0.25, 0.3) is 16.7 Å². The molecular formula is C27H30N4O4. The van der Waals surface area contributed by atoms with Gasteiger partial charge in [0.05, 0.1) is 23.8 Å². The third-order valence-corrected chi connectivity index (χ3v) is 6.79. The highest BCUT2D eigenvalue weighted by atomic mass is 16.5. The zero-order valence-corrected chi connectivity index (χ0v) is 20.2. The summed E-state index contributed by atoms with van der Waals surface area (Å²) in [5, 5.41) is 12.4. The largest absolute Gasteiger partial charge is 0.507 e. The molecule has 5 rings (SSSR count). The number of aliphatic hydroxyl groups excluding tert-OH is 1. The number of carbonyl (C=O) groups is 2. The number of para-hydroxylation sites is 1. The van der Waals surface area contributed by atoms with Gasteiger partial charge < -0.3 is 29.5 Å². The van der Waals surface area contributed by atoms with Crippen molar-refractivity contribution in [3.63, 3.8) is 0 Å². The van der Waals surface area contributed by atoms with Crippen LogP contribution in [0.2, 0.25) is 0 Å². The number of likely N-dealkylation sites (N-methyl/N-ethyl adjacent to an activating group) is 1. The number of H-pyrrole nitrogens is 1. The van der Waals surface area contributed by atoms with Gasteiger partial charge in [-0.15, -0.1) is 0 Å². The van der Waals surface area contributed by atoms with E-state index in [1.807, 2.05) is 67.5 Å². The van der Waals surface area contributed by atoms with Crippen LogP contribution >= 0.6 is 0 Å². The number of amides is 1. The lowest BCUT2D eigenvalue weighted by Gasteiger charge is -2.28. The number of hydrogen-bond donors (Lipinski definition) is 2. The maximum Gasteiger partial charge on any atom is 0.295 e. The molecule has 3 aromatic rings. The van der Waals surface area contributed by atoms with E-state index in [1.54, 1.807) is 17.0 Å². The van der Waals surface area contributed by atoms with Crippen molar-refractivity contribution in [3.8, 4) is 5.75 Å². The van der Waals surface area contributed by atoms with Crippen LogP contribution in [-0.2, 0) is 9.59 Å². The number of anilines is 1. The summed E-state index contributed by atoms with van der Waals surface area (Å²) < 4.78 is 5.72. The fraction of sp³-hybridized carbons (Fsp3) is 0.333. The molecule has 2 aromatic carbocycles. The highest BCUT2D eigenvalue weighted by Crippen LogP contribution is 2.43. The maximum atomic E-state index is 13.4. The van der Waals surface area contributed by atoms with E-state index in [4.69, 9.17) is 4.74 Å². The van der Waals surface area contributed by atoms with Crippen molar-refractivity contribution in [2.45, 2.75) is 12.5 Å². The Bertz CT molecular complexity index is 1330. The van der Waals surface area contributed by atoms with Gasteiger partial charge in [0, 0.05) is 41.8 Å². The van der Waals surface area contributed by atoms with Crippen molar-refractivity contribution in [3.05, 3.63) is 65.4 Å². The van der Waals surface area contributed by atoms with Crippen molar-refractivity contribution in [1.29, 1.82) is 0 Å². The minimum Gasteiger partial charge on any atom is -0.507 e. The summed E-state index contributed by atoms with van der Waals surface area (Å²) in [6, 6.07) is 12.4. The number of benzene rings is 2. The second-order valence-electron chi connectivity index (χ2n) is 9.39. The average Bonchev–Trinajstić information content (AvgIpc) is 3.38. The Morgan fingerprint density at radius 2 is 2.00 bits per heavy atom. The first-order valence-electron chi connectivity index (χ1n) is 11.8. The maximum absolute atomic E-state index is 13.4. The number of carbonyl (C=O) groups excluding carboxylic acids is 2. The monoisotopic (exact) mass is 474 g/mol. The van der Waals surface area contributed by atoms with Crippen molar-refractivity contribution in [2.24, 2.45) is 0 Å². The Kier molecular flexibility index (Phi) is 5.98. The lowest BCUT2D eigenvalue weighted by atomic mass is 9.94. The summed E-state index contributed by atoms with van der Waals surface area (Å²) in [4.78, 5) is 35.5.